The smallest absolute Gasteiger partial charge is 0.268 e. The van der Waals surface area contributed by atoms with Crippen LogP contribution in [0.25, 0.3) is 10.9 Å². The normalized spacial score (nSPS) is 11.7. The number of rotatable bonds is 13. The monoisotopic (exact) mass is 543 g/mol. The number of benzene rings is 3. The van der Waals surface area contributed by atoms with Gasteiger partial charge in [0.25, 0.3) is 5.91 Å². The van der Waals surface area contributed by atoms with Crippen LogP contribution in [0.4, 0.5) is 0 Å². The van der Waals surface area contributed by atoms with Crippen LogP contribution in [0.3, 0.4) is 0 Å². The van der Waals surface area contributed by atoms with Crippen LogP contribution in [-0.2, 0) is 17.6 Å². The average Bonchev–Trinajstić information content (AvgIpc) is 3.40. The first-order valence-electron chi connectivity index (χ1n) is 13.5. The maximum atomic E-state index is 13.2. The highest BCUT2D eigenvalue weighted by molar-refractivity contribution is 6.00. The fraction of sp³-hybridized carbons (Fsp3) is 0.312. The number of phenolic OH excluding ortho intramolecular Hbond substituents is 1. The third-order valence-electron chi connectivity index (χ3n) is 6.93. The van der Waals surface area contributed by atoms with E-state index in [2.05, 4.69) is 15.6 Å². The number of amides is 2. The van der Waals surface area contributed by atoms with Crippen molar-refractivity contribution in [1.29, 1.82) is 0 Å². The van der Waals surface area contributed by atoms with Crippen LogP contribution in [0.5, 0.6) is 17.2 Å². The lowest BCUT2D eigenvalue weighted by Gasteiger charge is -2.19. The van der Waals surface area contributed by atoms with Crippen molar-refractivity contribution in [3.05, 3.63) is 89.1 Å². The molecule has 3 aromatic carbocycles. The van der Waals surface area contributed by atoms with Crippen molar-refractivity contribution in [2.45, 2.75) is 45.1 Å². The van der Waals surface area contributed by atoms with Gasteiger partial charge in [0.1, 0.15) is 29.0 Å². The topological polar surface area (TPSA) is 113 Å². The van der Waals surface area contributed by atoms with Gasteiger partial charge >= 0.3 is 0 Å². The number of hydrogen-bond acceptors (Lipinski definition) is 5. The number of nitrogens with one attached hydrogen (secondary N) is 3. The minimum absolute atomic E-state index is 0.146. The molecule has 1 heterocycles. The summed E-state index contributed by atoms with van der Waals surface area (Å²) in [6.45, 7) is 2.50. The summed E-state index contributed by atoms with van der Waals surface area (Å²) in [5, 5.41) is 16.4. The largest absolute Gasteiger partial charge is 0.508 e. The number of carbonyl (C=O) groups is 2. The zero-order chi connectivity index (χ0) is 28.5. The summed E-state index contributed by atoms with van der Waals surface area (Å²) in [7, 11) is 3.33. The first kappa shape index (κ1) is 28.5. The van der Waals surface area contributed by atoms with Crippen LogP contribution < -0.4 is 20.1 Å². The molecule has 0 aliphatic rings. The minimum atomic E-state index is -0.774. The van der Waals surface area contributed by atoms with Gasteiger partial charge in [-0.25, -0.2) is 0 Å². The molecule has 1 unspecified atom stereocenters. The minimum Gasteiger partial charge on any atom is -0.508 e. The van der Waals surface area contributed by atoms with E-state index in [1.54, 1.807) is 44.6 Å². The lowest BCUT2D eigenvalue weighted by atomic mass is 10.0. The van der Waals surface area contributed by atoms with Crippen LogP contribution in [0.2, 0.25) is 0 Å². The molecule has 0 bridgehead atoms. The van der Waals surface area contributed by atoms with Crippen LogP contribution in [0, 0.1) is 6.92 Å². The Bertz CT molecular complexity index is 1390. The number of aromatic hydroxyl groups is 1. The van der Waals surface area contributed by atoms with Crippen molar-refractivity contribution in [3.63, 3.8) is 0 Å². The molecule has 0 radical (unpaired) electrons. The SMILES string of the molecule is COc1cc(C)cc(OC)c1CCCCCNC(=O)C(Cc1ccc(O)cc1)NC(=O)c1cc2ccccc2[nH]1. The van der Waals surface area contributed by atoms with Crippen LogP contribution in [0.1, 0.15) is 46.4 Å². The van der Waals surface area contributed by atoms with Gasteiger partial charge in [0, 0.05) is 29.4 Å². The third kappa shape index (κ3) is 7.34. The van der Waals surface area contributed by atoms with Gasteiger partial charge < -0.3 is 30.2 Å². The van der Waals surface area contributed by atoms with Gasteiger partial charge in [0.2, 0.25) is 5.91 Å². The number of hydrogen-bond donors (Lipinski definition) is 4. The Balaban J connectivity index is 1.33. The predicted molar refractivity (Wildman–Crippen MR) is 156 cm³/mol. The Labute approximate surface area is 234 Å². The Hall–Kier alpha value is -4.46. The van der Waals surface area contributed by atoms with E-state index in [9.17, 15) is 14.7 Å². The average molecular weight is 544 g/mol. The van der Waals surface area contributed by atoms with Crippen molar-refractivity contribution in [2.75, 3.05) is 20.8 Å². The Morgan fingerprint density at radius 1 is 0.925 bits per heavy atom. The molecular formula is C32H37N3O5. The van der Waals surface area contributed by atoms with E-state index in [1.807, 2.05) is 43.3 Å². The maximum Gasteiger partial charge on any atom is 0.268 e. The van der Waals surface area contributed by atoms with Crippen molar-refractivity contribution in [1.82, 2.24) is 15.6 Å². The van der Waals surface area contributed by atoms with Crippen molar-refractivity contribution < 1.29 is 24.2 Å². The highest BCUT2D eigenvalue weighted by Gasteiger charge is 2.23. The zero-order valence-corrected chi connectivity index (χ0v) is 23.3. The van der Waals surface area contributed by atoms with Crippen LogP contribution in [0.15, 0.2) is 66.7 Å². The second-order valence-corrected chi connectivity index (χ2v) is 9.92. The molecule has 0 aliphatic carbocycles. The third-order valence-corrected chi connectivity index (χ3v) is 6.93. The van der Waals surface area contributed by atoms with Gasteiger partial charge in [0.05, 0.1) is 14.2 Å². The molecule has 0 aliphatic heterocycles. The van der Waals surface area contributed by atoms with Gasteiger partial charge in [-0.05, 0) is 73.7 Å². The fourth-order valence-electron chi connectivity index (χ4n) is 4.81. The second kappa shape index (κ2) is 13.6. The predicted octanol–water partition coefficient (Wildman–Crippen LogP) is 5.07. The summed E-state index contributed by atoms with van der Waals surface area (Å²) in [4.78, 5) is 29.4. The Morgan fingerprint density at radius 2 is 1.62 bits per heavy atom. The molecule has 0 fully saturated rings. The lowest BCUT2D eigenvalue weighted by Crippen LogP contribution is -2.48. The summed E-state index contributed by atoms with van der Waals surface area (Å²) >= 11 is 0. The fourth-order valence-corrected chi connectivity index (χ4v) is 4.81. The van der Waals surface area contributed by atoms with E-state index < -0.39 is 6.04 Å². The number of phenols is 1. The number of fused-ring (bicyclic) bond motifs is 1. The molecule has 210 valence electrons. The lowest BCUT2D eigenvalue weighted by molar-refractivity contribution is -0.122. The summed E-state index contributed by atoms with van der Waals surface area (Å²) in [5.41, 5.74) is 4.21. The quantitative estimate of drug-likeness (QED) is 0.176. The molecule has 8 nitrogen and oxygen atoms in total. The highest BCUT2D eigenvalue weighted by Crippen LogP contribution is 2.31. The number of ether oxygens (including phenoxy) is 2. The van der Waals surface area contributed by atoms with E-state index in [0.29, 0.717) is 18.7 Å². The molecule has 8 heteroatoms. The molecule has 1 atom stereocenters. The van der Waals surface area contributed by atoms with E-state index in [1.165, 1.54) is 0 Å². The van der Waals surface area contributed by atoms with Gasteiger partial charge in [-0.1, -0.05) is 36.8 Å². The van der Waals surface area contributed by atoms with Crippen molar-refractivity contribution in [2.24, 2.45) is 0 Å². The van der Waals surface area contributed by atoms with Crippen molar-refractivity contribution >= 4 is 22.7 Å². The second-order valence-electron chi connectivity index (χ2n) is 9.92. The first-order chi connectivity index (χ1) is 19.4. The molecule has 0 saturated carbocycles. The van der Waals surface area contributed by atoms with E-state index in [0.717, 1.165) is 64.8 Å². The summed E-state index contributed by atoms with van der Waals surface area (Å²) in [6.07, 6.45) is 3.73. The van der Waals surface area contributed by atoms with Gasteiger partial charge in [-0.15, -0.1) is 0 Å². The van der Waals surface area contributed by atoms with E-state index in [-0.39, 0.29) is 17.6 Å². The first-order valence-corrected chi connectivity index (χ1v) is 13.5. The number of aromatic amines is 1. The Kier molecular flexibility index (Phi) is 9.67. The number of carbonyl (C=O) groups excluding carboxylic acids is 2. The Morgan fingerprint density at radius 3 is 2.30 bits per heavy atom. The van der Waals surface area contributed by atoms with E-state index in [4.69, 9.17) is 9.47 Å². The van der Waals surface area contributed by atoms with Gasteiger partial charge in [0.15, 0.2) is 0 Å². The molecular weight excluding hydrogens is 506 g/mol. The number of para-hydroxylation sites is 1. The number of unbranched alkanes of at least 4 members (excludes halogenated alkanes) is 2. The highest BCUT2D eigenvalue weighted by atomic mass is 16.5. The summed E-state index contributed by atoms with van der Waals surface area (Å²) in [5.74, 6) is 1.20. The summed E-state index contributed by atoms with van der Waals surface area (Å²) < 4.78 is 11.1. The molecule has 0 saturated heterocycles. The summed E-state index contributed by atoms with van der Waals surface area (Å²) in [6, 6.07) is 19.3. The molecule has 4 aromatic rings. The van der Waals surface area contributed by atoms with Gasteiger partial charge in [-0.3, -0.25) is 9.59 Å². The molecule has 40 heavy (non-hydrogen) atoms. The molecule has 4 rings (SSSR count). The van der Waals surface area contributed by atoms with Crippen LogP contribution in [-0.4, -0.2) is 48.7 Å². The van der Waals surface area contributed by atoms with Crippen molar-refractivity contribution in [3.8, 4) is 17.2 Å². The number of methoxy groups -OCH3 is 2. The molecule has 0 spiro atoms. The zero-order valence-electron chi connectivity index (χ0n) is 23.3. The molecule has 2 amide bonds. The van der Waals surface area contributed by atoms with E-state index >= 15 is 0 Å². The molecule has 4 N–H and O–H groups in total. The number of aryl methyl sites for hydroxylation is 1. The molecule has 1 aromatic heterocycles. The number of H-pyrrole nitrogens is 1. The standard InChI is InChI=1S/C32H37N3O5/c1-21-17-29(39-2)25(30(18-21)40-3)10-5-4-8-16-33-31(37)27(19-22-12-14-24(36)15-13-22)35-32(38)28-20-23-9-6-7-11-26(23)34-28/h6-7,9,11-15,17-18,20,27,34,36H,4-5,8,10,16,19H2,1-3H3,(H,33,37)(H,35,38). The van der Waals surface area contributed by atoms with Gasteiger partial charge in [-0.2, -0.15) is 0 Å². The maximum absolute atomic E-state index is 13.2. The van der Waals surface area contributed by atoms with Crippen LogP contribution >= 0.6 is 0 Å². The number of aromatic nitrogens is 1.